The number of nitrogens with one attached hydrogen (secondary N) is 1. The Bertz CT molecular complexity index is 375. The summed E-state index contributed by atoms with van der Waals surface area (Å²) >= 11 is 5.97. The molecule has 3 heteroatoms. The highest BCUT2D eigenvalue weighted by molar-refractivity contribution is 6.31. The molecule has 1 fully saturated rings. The summed E-state index contributed by atoms with van der Waals surface area (Å²) in [4.78, 5) is 0. The molecule has 2 nitrogen and oxygen atoms in total. The second kappa shape index (κ2) is 4.00. The SMILES string of the molecule is N#Cc1ccc(C2CCNC2)cc1Cl. The van der Waals surface area contributed by atoms with Crippen LogP contribution < -0.4 is 5.32 Å². The lowest BCUT2D eigenvalue weighted by atomic mass is 9.97. The number of hydrogen-bond donors (Lipinski definition) is 1. The summed E-state index contributed by atoms with van der Waals surface area (Å²) < 4.78 is 0. The zero-order valence-electron chi connectivity index (χ0n) is 7.76. The zero-order chi connectivity index (χ0) is 9.97. The zero-order valence-corrected chi connectivity index (χ0v) is 8.51. The van der Waals surface area contributed by atoms with Crippen LogP contribution in [0.5, 0.6) is 0 Å². The van der Waals surface area contributed by atoms with E-state index in [0.717, 1.165) is 19.5 Å². The number of nitrogens with zero attached hydrogens (tertiary/aromatic N) is 1. The second-order valence-corrected chi connectivity index (χ2v) is 3.95. The molecule has 1 atom stereocenters. The summed E-state index contributed by atoms with van der Waals surface area (Å²) in [5.41, 5.74) is 1.79. The third-order valence-corrected chi connectivity index (χ3v) is 2.96. The van der Waals surface area contributed by atoms with Crippen molar-refractivity contribution in [3.63, 3.8) is 0 Å². The highest BCUT2D eigenvalue weighted by Gasteiger charge is 2.17. The molecule has 0 spiro atoms. The van der Waals surface area contributed by atoms with Gasteiger partial charge in [-0.2, -0.15) is 5.26 Å². The Morgan fingerprint density at radius 2 is 2.36 bits per heavy atom. The monoisotopic (exact) mass is 206 g/mol. The fourth-order valence-electron chi connectivity index (χ4n) is 1.82. The van der Waals surface area contributed by atoms with Gasteiger partial charge in [-0.1, -0.05) is 17.7 Å². The standard InChI is InChI=1S/C11H11ClN2/c12-11-5-8(1-2-9(11)6-13)10-3-4-14-7-10/h1-2,5,10,14H,3-4,7H2. The molecule has 0 aromatic heterocycles. The van der Waals surface area contributed by atoms with Gasteiger partial charge in [0.05, 0.1) is 10.6 Å². The smallest absolute Gasteiger partial charge is 0.101 e. The number of nitriles is 1. The minimum absolute atomic E-state index is 0.556. The molecule has 1 unspecified atom stereocenters. The predicted molar refractivity (Wildman–Crippen MR) is 56.4 cm³/mol. The maximum atomic E-state index is 8.73. The van der Waals surface area contributed by atoms with Gasteiger partial charge in [-0.3, -0.25) is 0 Å². The van der Waals surface area contributed by atoms with Crippen LogP contribution in [0.1, 0.15) is 23.5 Å². The van der Waals surface area contributed by atoms with Gasteiger partial charge in [0, 0.05) is 6.54 Å². The summed E-state index contributed by atoms with van der Waals surface area (Å²) in [6.07, 6.45) is 1.15. The predicted octanol–water partition coefficient (Wildman–Crippen LogP) is 2.29. The van der Waals surface area contributed by atoms with Crippen molar-refractivity contribution in [1.29, 1.82) is 5.26 Å². The van der Waals surface area contributed by atoms with Gasteiger partial charge in [-0.05, 0) is 36.6 Å². The van der Waals surface area contributed by atoms with Crippen molar-refractivity contribution in [1.82, 2.24) is 5.32 Å². The van der Waals surface area contributed by atoms with Crippen LogP contribution in [-0.2, 0) is 0 Å². The minimum Gasteiger partial charge on any atom is -0.316 e. The molecule has 1 aliphatic rings. The number of rotatable bonds is 1. The van der Waals surface area contributed by atoms with Gasteiger partial charge in [0.15, 0.2) is 0 Å². The lowest BCUT2D eigenvalue weighted by Gasteiger charge is -2.09. The molecule has 0 amide bonds. The van der Waals surface area contributed by atoms with E-state index in [1.54, 1.807) is 6.07 Å². The van der Waals surface area contributed by atoms with Crippen LogP contribution >= 0.6 is 11.6 Å². The lowest BCUT2D eigenvalue weighted by Crippen LogP contribution is -2.07. The Kier molecular flexibility index (Phi) is 2.72. The summed E-state index contributed by atoms with van der Waals surface area (Å²) in [5.74, 6) is 0.556. The van der Waals surface area contributed by atoms with Crippen molar-refractivity contribution in [2.45, 2.75) is 12.3 Å². The molecular weight excluding hydrogens is 196 g/mol. The molecule has 14 heavy (non-hydrogen) atoms. The van der Waals surface area contributed by atoms with E-state index < -0.39 is 0 Å². The van der Waals surface area contributed by atoms with E-state index in [0.29, 0.717) is 16.5 Å². The lowest BCUT2D eigenvalue weighted by molar-refractivity contribution is 0.763. The van der Waals surface area contributed by atoms with Gasteiger partial charge in [0.2, 0.25) is 0 Å². The van der Waals surface area contributed by atoms with Crippen LogP contribution in [0, 0.1) is 11.3 Å². The van der Waals surface area contributed by atoms with E-state index in [-0.39, 0.29) is 0 Å². The third kappa shape index (κ3) is 1.75. The maximum absolute atomic E-state index is 8.73. The molecule has 2 rings (SSSR count). The van der Waals surface area contributed by atoms with Crippen LogP contribution in [0.25, 0.3) is 0 Å². The van der Waals surface area contributed by atoms with E-state index in [4.69, 9.17) is 16.9 Å². The average Bonchev–Trinajstić information content (AvgIpc) is 2.70. The van der Waals surface area contributed by atoms with Crippen molar-refractivity contribution in [2.24, 2.45) is 0 Å². The summed E-state index contributed by atoms with van der Waals surface area (Å²) in [7, 11) is 0. The molecule has 1 aromatic rings. The van der Waals surface area contributed by atoms with Gasteiger partial charge >= 0.3 is 0 Å². The molecule has 1 saturated heterocycles. The molecule has 0 saturated carbocycles. The largest absolute Gasteiger partial charge is 0.316 e. The summed E-state index contributed by atoms with van der Waals surface area (Å²) in [6, 6.07) is 7.78. The minimum atomic E-state index is 0.556. The Morgan fingerprint density at radius 3 is 2.93 bits per heavy atom. The van der Waals surface area contributed by atoms with Gasteiger partial charge in [0.1, 0.15) is 6.07 Å². The molecule has 0 bridgehead atoms. The number of hydrogen-bond acceptors (Lipinski definition) is 2. The number of halogens is 1. The first-order valence-electron chi connectivity index (χ1n) is 4.71. The second-order valence-electron chi connectivity index (χ2n) is 3.54. The third-order valence-electron chi connectivity index (χ3n) is 2.65. The first-order valence-corrected chi connectivity index (χ1v) is 5.09. The van der Waals surface area contributed by atoms with Crippen molar-refractivity contribution in [3.8, 4) is 6.07 Å². The van der Waals surface area contributed by atoms with E-state index in [1.165, 1.54) is 5.56 Å². The Balaban J connectivity index is 2.28. The van der Waals surface area contributed by atoms with E-state index in [1.807, 2.05) is 12.1 Å². The first-order chi connectivity index (χ1) is 6.81. The Morgan fingerprint density at radius 1 is 1.50 bits per heavy atom. The number of benzene rings is 1. The fourth-order valence-corrected chi connectivity index (χ4v) is 2.05. The van der Waals surface area contributed by atoms with E-state index >= 15 is 0 Å². The van der Waals surface area contributed by atoms with Crippen LogP contribution in [0.15, 0.2) is 18.2 Å². The molecule has 0 radical (unpaired) electrons. The van der Waals surface area contributed by atoms with E-state index in [9.17, 15) is 0 Å². The first kappa shape index (κ1) is 9.51. The average molecular weight is 207 g/mol. The van der Waals surface area contributed by atoms with Crippen molar-refractivity contribution >= 4 is 11.6 Å². The van der Waals surface area contributed by atoms with Gasteiger partial charge < -0.3 is 5.32 Å². The topological polar surface area (TPSA) is 35.8 Å². The van der Waals surface area contributed by atoms with Crippen molar-refractivity contribution in [2.75, 3.05) is 13.1 Å². The molecule has 1 heterocycles. The summed E-state index contributed by atoms with van der Waals surface area (Å²) in [5, 5.41) is 12.6. The van der Waals surface area contributed by atoms with Crippen molar-refractivity contribution in [3.05, 3.63) is 34.3 Å². The van der Waals surface area contributed by atoms with Crippen LogP contribution in [-0.4, -0.2) is 13.1 Å². The Hall–Kier alpha value is -1.04. The summed E-state index contributed by atoms with van der Waals surface area (Å²) in [6.45, 7) is 2.09. The van der Waals surface area contributed by atoms with E-state index in [2.05, 4.69) is 11.4 Å². The normalized spacial score (nSPS) is 20.7. The highest BCUT2D eigenvalue weighted by atomic mass is 35.5. The molecule has 1 aromatic carbocycles. The quantitative estimate of drug-likeness (QED) is 0.766. The molecule has 1 aliphatic heterocycles. The van der Waals surface area contributed by atoms with Crippen LogP contribution in [0.2, 0.25) is 5.02 Å². The molecule has 0 aliphatic carbocycles. The highest BCUT2D eigenvalue weighted by Crippen LogP contribution is 2.26. The van der Waals surface area contributed by atoms with Gasteiger partial charge in [-0.25, -0.2) is 0 Å². The molecule has 72 valence electrons. The molecular formula is C11H11ClN2. The molecule has 1 N–H and O–H groups in total. The van der Waals surface area contributed by atoms with Crippen molar-refractivity contribution < 1.29 is 0 Å². The Labute approximate surface area is 88.5 Å². The maximum Gasteiger partial charge on any atom is 0.101 e. The van der Waals surface area contributed by atoms with Crippen LogP contribution in [0.4, 0.5) is 0 Å². The van der Waals surface area contributed by atoms with Gasteiger partial charge in [0.25, 0.3) is 0 Å². The van der Waals surface area contributed by atoms with Crippen LogP contribution in [0.3, 0.4) is 0 Å². The van der Waals surface area contributed by atoms with Gasteiger partial charge in [-0.15, -0.1) is 0 Å². The fraction of sp³-hybridized carbons (Fsp3) is 0.364.